The van der Waals surface area contributed by atoms with Crippen molar-refractivity contribution in [3.05, 3.63) is 24.2 Å². The number of unbranched alkanes of at least 4 members (excludes halogenated alkanes) is 1. The number of amides is 1. The van der Waals surface area contributed by atoms with E-state index in [1.807, 2.05) is 12.1 Å². The van der Waals surface area contributed by atoms with E-state index in [0.29, 0.717) is 6.54 Å². The van der Waals surface area contributed by atoms with Crippen LogP contribution in [0.5, 0.6) is 0 Å². The molecule has 5 nitrogen and oxygen atoms in total. The van der Waals surface area contributed by atoms with Gasteiger partial charge in [0.2, 0.25) is 5.91 Å². The van der Waals surface area contributed by atoms with Crippen molar-refractivity contribution in [2.75, 3.05) is 19.7 Å². The van der Waals surface area contributed by atoms with Crippen LogP contribution in [-0.4, -0.2) is 41.7 Å². The van der Waals surface area contributed by atoms with Gasteiger partial charge in [0.25, 0.3) is 0 Å². The van der Waals surface area contributed by atoms with Gasteiger partial charge >= 0.3 is 0 Å². The van der Waals surface area contributed by atoms with E-state index in [-0.39, 0.29) is 18.6 Å². The van der Waals surface area contributed by atoms with Gasteiger partial charge < -0.3 is 14.8 Å². The van der Waals surface area contributed by atoms with Crippen LogP contribution in [0.1, 0.15) is 31.4 Å². The van der Waals surface area contributed by atoms with Crippen molar-refractivity contribution >= 4 is 5.91 Å². The number of nitrogens with one attached hydrogen (secondary N) is 1. The SMILES string of the molecule is O=C(NCc1ccco1)C1CCCN1CCCCO. The van der Waals surface area contributed by atoms with Crippen molar-refractivity contribution in [3.8, 4) is 0 Å². The molecule has 2 N–H and O–H groups in total. The normalized spacial score (nSPS) is 19.7. The van der Waals surface area contributed by atoms with Gasteiger partial charge in [-0.2, -0.15) is 0 Å². The highest BCUT2D eigenvalue weighted by atomic mass is 16.3. The molecule has 1 aliphatic rings. The second-order valence-electron chi connectivity index (χ2n) is 4.92. The molecule has 2 rings (SSSR count). The summed E-state index contributed by atoms with van der Waals surface area (Å²) in [4.78, 5) is 14.4. The smallest absolute Gasteiger partial charge is 0.237 e. The van der Waals surface area contributed by atoms with E-state index in [4.69, 9.17) is 9.52 Å². The highest BCUT2D eigenvalue weighted by Gasteiger charge is 2.29. The Morgan fingerprint density at radius 3 is 3.16 bits per heavy atom. The number of furan rings is 1. The molecule has 1 unspecified atom stereocenters. The lowest BCUT2D eigenvalue weighted by atomic mass is 10.2. The molecule has 0 radical (unpaired) electrons. The Bertz CT molecular complexity index is 378. The number of carbonyl (C=O) groups is 1. The number of rotatable bonds is 7. The van der Waals surface area contributed by atoms with E-state index >= 15 is 0 Å². The summed E-state index contributed by atoms with van der Waals surface area (Å²) in [5.41, 5.74) is 0. The van der Waals surface area contributed by atoms with Crippen LogP contribution < -0.4 is 5.32 Å². The molecule has 0 aromatic carbocycles. The average Bonchev–Trinajstić information content (AvgIpc) is 3.07. The molecule has 1 aliphatic heterocycles. The largest absolute Gasteiger partial charge is 0.467 e. The topological polar surface area (TPSA) is 65.7 Å². The van der Waals surface area contributed by atoms with Crippen LogP contribution in [-0.2, 0) is 11.3 Å². The third kappa shape index (κ3) is 4.08. The van der Waals surface area contributed by atoms with Gasteiger partial charge in [-0.3, -0.25) is 9.69 Å². The fourth-order valence-electron chi connectivity index (χ4n) is 2.52. The van der Waals surface area contributed by atoms with Gasteiger partial charge in [-0.05, 0) is 50.9 Å². The van der Waals surface area contributed by atoms with E-state index in [1.54, 1.807) is 6.26 Å². The summed E-state index contributed by atoms with van der Waals surface area (Å²) in [6.07, 6.45) is 5.34. The zero-order valence-corrected chi connectivity index (χ0v) is 11.2. The van der Waals surface area contributed by atoms with Crippen LogP contribution in [0.25, 0.3) is 0 Å². The molecule has 0 spiro atoms. The number of carbonyl (C=O) groups excluding carboxylic acids is 1. The van der Waals surface area contributed by atoms with E-state index in [9.17, 15) is 4.79 Å². The quantitative estimate of drug-likeness (QED) is 0.726. The standard InChI is InChI=1S/C14H22N2O3/c17-9-2-1-7-16-8-3-6-13(16)14(18)15-11-12-5-4-10-19-12/h4-5,10,13,17H,1-3,6-9,11H2,(H,15,18). The summed E-state index contributed by atoms with van der Waals surface area (Å²) >= 11 is 0. The Morgan fingerprint density at radius 1 is 1.53 bits per heavy atom. The molecule has 1 aromatic rings. The maximum atomic E-state index is 12.1. The molecule has 0 aliphatic carbocycles. The molecule has 0 saturated carbocycles. The van der Waals surface area contributed by atoms with Crippen LogP contribution in [0.2, 0.25) is 0 Å². The van der Waals surface area contributed by atoms with Crippen LogP contribution in [0.3, 0.4) is 0 Å². The Morgan fingerprint density at radius 2 is 2.42 bits per heavy atom. The number of nitrogens with zero attached hydrogens (tertiary/aromatic N) is 1. The van der Waals surface area contributed by atoms with Gasteiger partial charge in [0.1, 0.15) is 5.76 Å². The predicted octanol–water partition coefficient (Wildman–Crippen LogP) is 1.13. The summed E-state index contributed by atoms with van der Waals surface area (Å²) in [6.45, 7) is 2.54. The summed E-state index contributed by atoms with van der Waals surface area (Å²) < 4.78 is 5.20. The Balaban J connectivity index is 1.76. The third-order valence-electron chi connectivity index (χ3n) is 3.54. The molecule has 2 heterocycles. The van der Waals surface area contributed by atoms with Crippen molar-refractivity contribution in [1.29, 1.82) is 0 Å². The van der Waals surface area contributed by atoms with Crippen molar-refractivity contribution < 1.29 is 14.3 Å². The molecule has 106 valence electrons. The van der Waals surface area contributed by atoms with Crippen LogP contribution in [0.4, 0.5) is 0 Å². The highest BCUT2D eigenvalue weighted by molar-refractivity contribution is 5.81. The molecule has 1 fully saturated rings. The van der Waals surface area contributed by atoms with Gasteiger partial charge in [0, 0.05) is 6.61 Å². The first-order chi connectivity index (χ1) is 9.31. The van der Waals surface area contributed by atoms with E-state index < -0.39 is 0 Å². The second kappa shape index (κ2) is 7.31. The number of hydrogen-bond donors (Lipinski definition) is 2. The zero-order chi connectivity index (χ0) is 13.5. The molecule has 5 heteroatoms. The molecular formula is C14H22N2O3. The van der Waals surface area contributed by atoms with Crippen molar-refractivity contribution in [1.82, 2.24) is 10.2 Å². The number of likely N-dealkylation sites (tertiary alicyclic amines) is 1. The fraction of sp³-hybridized carbons (Fsp3) is 0.643. The summed E-state index contributed by atoms with van der Waals surface area (Å²) in [6, 6.07) is 3.65. The average molecular weight is 266 g/mol. The zero-order valence-electron chi connectivity index (χ0n) is 11.2. The lowest BCUT2D eigenvalue weighted by Gasteiger charge is -2.23. The first-order valence-electron chi connectivity index (χ1n) is 6.96. The van der Waals surface area contributed by atoms with Crippen LogP contribution >= 0.6 is 0 Å². The molecule has 1 amide bonds. The van der Waals surface area contributed by atoms with Gasteiger partial charge in [-0.1, -0.05) is 0 Å². The highest BCUT2D eigenvalue weighted by Crippen LogP contribution is 2.18. The minimum Gasteiger partial charge on any atom is -0.467 e. The van der Waals surface area contributed by atoms with Crippen LogP contribution in [0.15, 0.2) is 22.8 Å². The lowest BCUT2D eigenvalue weighted by Crippen LogP contribution is -2.43. The fourth-order valence-corrected chi connectivity index (χ4v) is 2.52. The van der Waals surface area contributed by atoms with Crippen LogP contribution in [0, 0.1) is 0 Å². The molecule has 1 aromatic heterocycles. The first-order valence-corrected chi connectivity index (χ1v) is 6.96. The maximum Gasteiger partial charge on any atom is 0.237 e. The van der Waals surface area contributed by atoms with Gasteiger partial charge in [-0.15, -0.1) is 0 Å². The monoisotopic (exact) mass is 266 g/mol. The minimum absolute atomic E-state index is 0.0198. The number of aliphatic hydroxyl groups excluding tert-OH is 1. The summed E-state index contributed by atoms with van der Waals surface area (Å²) in [5, 5.41) is 11.7. The predicted molar refractivity (Wildman–Crippen MR) is 71.5 cm³/mol. The van der Waals surface area contributed by atoms with Gasteiger partial charge in [0.05, 0.1) is 18.8 Å². The summed E-state index contributed by atoms with van der Waals surface area (Å²) in [7, 11) is 0. The van der Waals surface area contributed by atoms with Gasteiger partial charge in [-0.25, -0.2) is 0 Å². The van der Waals surface area contributed by atoms with Gasteiger partial charge in [0.15, 0.2) is 0 Å². The van der Waals surface area contributed by atoms with Crippen molar-refractivity contribution in [2.45, 2.75) is 38.3 Å². The van der Waals surface area contributed by atoms with E-state index in [2.05, 4.69) is 10.2 Å². The lowest BCUT2D eigenvalue weighted by molar-refractivity contribution is -0.125. The molecule has 0 bridgehead atoms. The second-order valence-corrected chi connectivity index (χ2v) is 4.92. The van der Waals surface area contributed by atoms with Crippen molar-refractivity contribution in [2.24, 2.45) is 0 Å². The third-order valence-corrected chi connectivity index (χ3v) is 3.54. The Hall–Kier alpha value is -1.33. The molecular weight excluding hydrogens is 244 g/mol. The van der Waals surface area contributed by atoms with E-state index in [0.717, 1.165) is 44.5 Å². The minimum atomic E-state index is -0.0198. The number of hydrogen-bond acceptors (Lipinski definition) is 4. The van der Waals surface area contributed by atoms with E-state index in [1.165, 1.54) is 0 Å². The Labute approximate surface area is 113 Å². The van der Waals surface area contributed by atoms with Crippen molar-refractivity contribution in [3.63, 3.8) is 0 Å². The Kier molecular flexibility index (Phi) is 5.42. The summed E-state index contributed by atoms with van der Waals surface area (Å²) in [5.74, 6) is 0.857. The molecule has 1 saturated heterocycles. The molecule has 19 heavy (non-hydrogen) atoms. The first kappa shape index (κ1) is 14.1. The number of aliphatic hydroxyl groups is 1. The maximum absolute atomic E-state index is 12.1. The molecule has 1 atom stereocenters.